The summed E-state index contributed by atoms with van der Waals surface area (Å²) in [7, 11) is 1.62. The Morgan fingerprint density at radius 1 is 1.11 bits per heavy atom. The number of amides is 2. The smallest absolute Gasteiger partial charge is 0.269 e. The molecule has 1 aromatic carbocycles. The van der Waals surface area contributed by atoms with Crippen LogP contribution in [0, 0.1) is 0 Å². The van der Waals surface area contributed by atoms with Crippen molar-refractivity contribution in [1.82, 2.24) is 20.6 Å². The van der Waals surface area contributed by atoms with Crippen LogP contribution in [-0.4, -0.2) is 48.6 Å². The largest absolute Gasteiger partial charge is 0.385 e. The topological polar surface area (TPSA) is 96.1 Å². The Kier molecular flexibility index (Phi) is 6.75. The molecule has 0 aliphatic carbocycles. The monoisotopic (exact) mass is 380 g/mol. The summed E-state index contributed by atoms with van der Waals surface area (Å²) in [6.07, 6.45) is 4.87. The van der Waals surface area contributed by atoms with Gasteiger partial charge in [-0.25, -0.2) is 0 Å². The van der Waals surface area contributed by atoms with E-state index in [1.807, 2.05) is 24.4 Å². The molecule has 0 fully saturated rings. The van der Waals surface area contributed by atoms with Crippen molar-refractivity contribution in [2.75, 3.05) is 26.8 Å². The molecule has 0 atom stereocenters. The number of methoxy groups -OCH3 is 1. The molecule has 7 nitrogen and oxygen atoms in total. The van der Waals surface area contributed by atoms with Crippen LogP contribution < -0.4 is 10.6 Å². The third-order valence-corrected chi connectivity index (χ3v) is 4.42. The van der Waals surface area contributed by atoms with Crippen molar-refractivity contribution >= 4 is 22.7 Å². The number of H-pyrrole nitrogens is 1. The molecule has 0 aliphatic heterocycles. The number of carbonyl (C=O) groups is 2. The van der Waals surface area contributed by atoms with Gasteiger partial charge in [0.2, 0.25) is 0 Å². The minimum absolute atomic E-state index is 0.224. The van der Waals surface area contributed by atoms with Gasteiger partial charge in [-0.3, -0.25) is 14.6 Å². The van der Waals surface area contributed by atoms with E-state index in [0.717, 1.165) is 22.9 Å². The number of carbonyl (C=O) groups excluding carboxylic acids is 2. The van der Waals surface area contributed by atoms with Crippen molar-refractivity contribution in [3.63, 3.8) is 0 Å². The van der Waals surface area contributed by atoms with Crippen molar-refractivity contribution in [1.29, 1.82) is 0 Å². The van der Waals surface area contributed by atoms with Gasteiger partial charge in [-0.05, 0) is 36.6 Å². The summed E-state index contributed by atoms with van der Waals surface area (Å²) >= 11 is 0. The van der Waals surface area contributed by atoms with E-state index in [-0.39, 0.29) is 17.5 Å². The van der Waals surface area contributed by atoms with Gasteiger partial charge in [0, 0.05) is 55.7 Å². The van der Waals surface area contributed by atoms with E-state index >= 15 is 0 Å². The number of aromatic nitrogens is 2. The van der Waals surface area contributed by atoms with E-state index in [2.05, 4.69) is 26.7 Å². The van der Waals surface area contributed by atoms with Crippen LogP contribution in [-0.2, 0) is 11.2 Å². The maximum absolute atomic E-state index is 12.4. The Balaban J connectivity index is 1.53. The van der Waals surface area contributed by atoms with Gasteiger partial charge in [0.05, 0.1) is 0 Å². The zero-order valence-electron chi connectivity index (χ0n) is 15.8. The van der Waals surface area contributed by atoms with Crippen LogP contribution in [0.2, 0.25) is 0 Å². The Labute approximate surface area is 163 Å². The normalized spacial score (nSPS) is 10.8. The molecule has 7 heteroatoms. The number of fused-ring (bicyclic) bond motifs is 1. The number of hydrogen-bond acceptors (Lipinski definition) is 4. The molecule has 0 aliphatic rings. The van der Waals surface area contributed by atoms with Crippen LogP contribution in [0.1, 0.15) is 32.8 Å². The predicted molar refractivity (Wildman–Crippen MR) is 107 cm³/mol. The van der Waals surface area contributed by atoms with Gasteiger partial charge in [0.25, 0.3) is 11.8 Å². The molecule has 0 saturated carbocycles. The first kappa shape index (κ1) is 19.6. The second kappa shape index (κ2) is 9.66. The molecule has 3 aromatic rings. The fraction of sp³-hybridized carbons (Fsp3) is 0.286. The van der Waals surface area contributed by atoms with Crippen LogP contribution in [0.15, 0.2) is 48.8 Å². The summed E-state index contributed by atoms with van der Waals surface area (Å²) in [6.45, 7) is 1.57. The van der Waals surface area contributed by atoms with Gasteiger partial charge in [-0.1, -0.05) is 18.2 Å². The average molecular weight is 380 g/mol. The fourth-order valence-electron chi connectivity index (χ4n) is 2.96. The Morgan fingerprint density at radius 2 is 1.93 bits per heavy atom. The minimum atomic E-state index is -0.301. The molecular formula is C21H24N4O3. The lowest BCUT2D eigenvalue weighted by Gasteiger charge is -2.07. The Bertz CT molecular complexity index is 951. The van der Waals surface area contributed by atoms with Gasteiger partial charge < -0.3 is 20.4 Å². The molecule has 28 heavy (non-hydrogen) atoms. The molecule has 2 heterocycles. The van der Waals surface area contributed by atoms with Gasteiger partial charge in [-0.15, -0.1) is 0 Å². The van der Waals surface area contributed by atoms with Gasteiger partial charge in [0.15, 0.2) is 0 Å². The number of pyridine rings is 1. The van der Waals surface area contributed by atoms with Gasteiger partial charge >= 0.3 is 0 Å². The lowest BCUT2D eigenvalue weighted by atomic mass is 10.1. The first-order chi connectivity index (χ1) is 13.7. The molecule has 2 aromatic heterocycles. The van der Waals surface area contributed by atoms with Crippen LogP contribution in [0.25, 0.3) is 10.9 Å². The zero-order chi connectivity index (χ0) is 19.8. The average Bonchev–Trinajstić information content (AvgIpc) is 3.14. The van der Waals surface area contributed by atoms with Crippen molar-refractivity contribution in [2.45, 2.75) is 12.8 Å². The number of nitrogens with one attached hydrogen (secondary N) is 3. The number of ether oxygens (including phenoxy) is 1. The molecule has 146 valence electrons. The molecule has 0 bridgehead atoms. The Morgan fingerprint density at radius 3 is 2.79 bits per heavy atom. The van der Waals surface area contributed by atoms with E-state index in [4.69, 9.17) is 4.74 Å². The van der Waals surface area contributed by atoms with Gasteiger partial charge in [0.1, 0.15) is 5.69 Å². The zero-order valence-corrected chi connectivity index (χ0v) is 15.8. The van der Waals surface area contributed by atoms with E-state index < -0.39 is 0 Å². The number of nitrogens with zero attached hydrogens (tertiary/aromatic N) is 1. The highest BCUT2D eigenvalue weighted by atomic mass is 16.5. The van der Waals surface area contributed by atoms with Crippen molar-refractivity contribution in [2.24, 2.45) is 0 Å². The highest BCUT2D eigenvalue weighted by Crippen LogP contribution is 2.17. The maximum atomic E-state index is 12.4. The molecule has 3 N–H and O–H groups in total. The number of para-hydroxylation sites is 1. The Hall–Kier alpha value is -3.19. The van der Waals surface area contributed by atoms with Crippen LogP contribution in [0.3, 0.4) is 0 Å². The highest BCUT2D eigenvalue weighted by molar-refractivity contribution is 5.98. The summed E-state index contributed by atoms with van der Waals surface area (Å²) < 4.78 is 4.95. The van der Waals surface area contributed by atoms with E-state index in [0.29, 0.717) is 31.7 Å². The lowest BCUT2D eigenvalue weighted by molar-refractivity contribution is 0.0943. The quantitative estimate of drug-likeness (QED) is 0.496. The summed E-state index contributed by atoms with van der Waals surface area (Å²) in [5.41, 5.74) is 2.87. The molecule has 0 radical (unpaired) electrons. The van der Waals surface area contributed by atoms with E-state index in [1.165, 1.54) is 12.3 Å². The number of hydrogen-bond donors (Lipinski definition) is 3. The predicted octanol–water partition coefficient (Wildman–Crippen LogP) is 2.30. The van der Waals surface area contributed by atoms with Crippen LogP contribution in [0.5, 0.6) is 0 Å². The van der Waals surface area contributed by atoms with E-state index in [9.17, 15) is 9.59 Å². The molecule has 3 rings (SSSR count). The van der Waals surface area contributed by atoms with Crippen molar-refractivity contribution in [3.8, 4) is 0 Å². The van der Waals surface area contributed by atoms with E-state index in [1.54, 1.807) is 13.2 Å². The summed E-state index contributed by atoms with van der Waals surface area (Å²) in [5.74, 6) is -0.528. The summed E-state index contributed by atoms with van der Waals surface area (Å²) in [4.78, 5) is 31.8. The first-order valence-corrected chi connectivity index (χ1v) is 9.25. The minimum Gasteiger partial charge on any atom is -0.385 e. The van der Waals surface area contributed by atoms with Crippen molar-refractivity contribution in [3.05, 3.63) is 65.6 Å². The van der Waals surface area contributed by atoms with Crippen LogP contribution >= 0.6 is 0 Å². The van der Waals surface area contributed by atoms with Crippen molar-refractivity contribution < 1.29 is 14.3 Å². The molecule has 0 spiro atoms. The number of benzene rings is 1. The second-order valence-corrected chi connectivity index (χ2v) is 6.40. The highest BCUT2D eigenvalue weighted by Gasteiger charge is 2.12. The third-order valence-electron chi connectivity index (χ3n) is 4.42. The lowest BCUT2D eigenvalue weighted by Crippen LogP contribution is -2.28. The molecule has 0 unspecified atom stereocenters. The number of rotatable bonds is 9. The van der Waals surface area contributed by atoms with Gasteiger partial charge in [-0.2, -0.15) is 0 Å². The second-order valence-electron chi connectivity index (χ2n) is 6.40. The third kappa shape index (κ3) is 4.95. The first-order valence-electron chi connectivity index (χ1n) is 9.25. The summed E-state index contributed by atoms with van der Waals surface area (Å²) in [6, 6.07) is 11.2. The van der Waals surface area contributed by atoms with Crippen LogP contribution in [0.4, 0.5) is 0 Å². The molecular weight excluding hydrogens is 356 g/mol. The standard InChI is InChI=1S/C21H24N4O3/c1-28-12-4-9-23-21(27)19-13-15(7-10-22-19)20(26)24-11-8-16-14-25-18-6-3-2-5-17(16)18/h2-3,5-7,10,13-14,25H,4,8-9,11-12H2,1H3,(H,23,27)(H,24,26). The fourth-order valence-corrected chi connectivity index (χ4v) is 2.96. The summed E-state index contributed by atoms with van der Waals surface area (Å²) in [5, 5.41) is 6.82. The SMILES string of the molecule is COCCCNC(=O)c1cc(C(=O)NCCc2c[nH]c3ccccc23)ccn1. The number of aromatic amines is 1. The maximum Gasteiger partial charge on any atom is 0.269 e. The molecule has 2 amide bonds. The molecule has 0 saturated heterocycles.